The SMILES string of the molecule is CCOC(=O)c1cnn2c1N[C@H](c1ccc(C(C)C)cc1)C[C@@H]2C(F)(F)F. The van der Waals surface area contributed by atoms with Crippen molar-refractivity contribution in [2.24, 2.45) is 0 Å². The van der Waals surface area contributed by atoms with Crippen LogP contribution in [0.4, 0.5) is 19.0 Å². The molecule has 0 saturated carbocycles. The van der Waals surface area contributed by atoms with Gasteiger partial charge in [-0.15, -0.1) is 0 Å². The number of alkyl halides is 3. The molecule has 2 atom stereocenters. The molecular formula is C19H22F3N3O2. The molecule has 8 heteroatoms. The number of halogens is 3. The van der Waals surface area contributed by atoms with Crippen LogP contribution in [-0.4, -0.2) is 28.5 Å². The Labute approximate surface area is 155 Å². The van der Waals surface area contributed by atoms with Crippen LogP contribution in [-0.2, 0) is 4.74 Å². The van der Waals surface area contributed by atoms with Gasteiger partial charge in [-0.1, -0.05) is 38.1 Å². The quantitative estimate of drug-likeness (QED) is 0.770. The first-order chi connectivity index (χ1) is 12.7. The number of ether oxygens (including phenoxy) is 1. The van der Waals surface area contributed by atoms with Gasteiger partial charge in [-0.2, -0.15) is 18.3 Å². The van der Waals surface area contributed by atoms with Crippen molar-refractivity contribution in [3.8, 4) is 0 Å². The van der Waals surface area contributed by atoms with E-state index in [4.69, 9.17) is 4.74 Å². The third-order valence-electron chi connectivity index (χ3n) is 4.74. The molecule has 1 aromatic carbocycles. The van der Waals surface area contributed by atoms with Crippen molar-refractivity contribution in [1.82, 2.24) is 9.78 Å². The van der Waals surface area contributed by atoms with Gasteiger partial charge in [-0.25, -0.2) is 9.48 Å². The molecule has 5 nitrogen and oxygen atoms in total. The Hall–Kier alpha value is -2.51. The molecule has 1 aliphatic heterocycles. The predicted octanol–water partition coefficient (Wildman–Crippen LogP) is 4.84. The first kappa shape index (κ1) is 19.3. The van der Waals surface area contributed by atoms with Gasteiger partial charge >= 0.3 is 12.1 Å². The van der Waals surface area contributed by atoms with Crippen LogP contribution in [0.3, 0.4) is 0 Å². The molecule has 1 N–H and O–H groups in total. The van der Waals surface area contributed by atoms with E-state index in [1.807, 2.05) is 24.3 Å². The Balaban J connectivity index is 1.98. The van der Waals surface area contributed by atoms with Crippen LogP contribution in [0, 0.1) is 0 Å². The summed E-state index contributed by atoms with van der Waals surface area (Å²) in [5.74, 6) is -0.318. The first-order valence-corrected chi connectivity index (χ1v) is 8.90. The molecule has 3 rings (SSSR count). The highest BCUT2D eigenvalue weighted by Crippen LogP contribution is 2.44. The van der Waals surface area contributed by atoms with Gasteiger partial charge < -0.3 is 10.1 Å². The highest BCUT2D eigenvalue weighted by molar-refractivity contribution is 5.94. The monoisotopic (exact) mass is 381 g/mol. The number of anilines is 1. The van der Waals surface area contributed by atoms with Gasteiger partial charge in [0, 0.05) is 6.42 Å². The number of benzene rings is 1. The summed E-state index contributed by atoms with van der Waals surface area (Å²) in [7, 11) is 0. The average Bonchev–Trinajstić information content (AvgIpc) is 3.04. The van der Waals surface area contributed by atoms with E-state index in [0.29, 0.717) is 5.92 Å². The molecule has 1 aromatic heterocycles. The van der Waals surface area contributed by atoms with Gasteiger partial charge in [0.15, 0.2) is 6.04 Å². The van der Waals surface area contributed by atoms with Gasteiger partial charge in [0.2, 0.25) is 0 Å². The standard InChI is InChI=1S/C19H22F3N3O2/c1-4-27-18(26)14-10-23-25-16(19(20,21)22)9-15(24-17(14)25)13-7-5-12(6-8-13)11(2)3/h5-8,10-11,15-16,24H,4,9H2,1-3H3/t15-,16+/m0/s1. The number of hydrogen-bond donors (Lipinski definition) is 1. The van der Waals surface area contributed by atoms with E-state index < -0.39 is 24.2 Å². The molecule has 2 heterocycles. The molecular weight excluding hydrogens is 359 g/mol. The van der Waals surface area contributed by atoms with Crippen molar-refractivity contribution >= 4 is 11.8 Å². The number of aromatic nitrogens is 2. The number of nitrogens with one attached hydrogen (secondary N) is 1. The molecule has 0 aliphatic carbocycles. The molecule has 1 aliphatic rings. The van der Waals surface area contributed by atoms with Crippen LogP contribution in [0.1, 0.15) is 66.7 Å². The van der Waals surface area contributed by atoms with E-state index in [-0.39, 0.29) is 24.4 Å². The Bertz CT molecular complexity index is 813. The van der Waals surface area contributed by atoms with Crippen LogP contribution < -0.4 is 5.32 Å². The van der Waals surface area contributed by atoms with Gasteiger partial charge in [-0.05, 0) is 24.0 Å². The van der Waals surface area contributed by atoms with E-state index in [2.05, 4.69) is 24.3 Å². The third-order valence-corrected chi connectivity index (χ3v) is 4.74. The van der Waals surface area contributed by atoms with Crippen molar-refractivity contribution in [3.63, 3.8) is 0 Å². The minimum Gasteiger partial charge on any atom is -0.462 e. The highest BCUT2D eigenvalue weighted by atomic mass is 19.4. The maximum Gasteiger partial charge on any atom is 0.410 e. The summed E-state index contributed by atoms with van der Waals surface area (Å²) in [6, 6.07) is 5.10. The molecule has 0 amide bonds. The summed E-state index contributed by atoms with van der Waals surface area (Å²) >= 11 is 0. The highest BCUT2D eigenvalue weighted by Gasteiger charge is 2.47. The van der Waals surface area contributed by atoms with Crippen molar-refractivity contribution in [2.45, 2.75) is 51.4 Å². The molecule has 0 unspecified atom stereocenters. The van der Waals surface area contributed by atoms with Gasteiger partial charge in [-0.3, -0.25) is 0 Å². The second kappa shape index (κ2) is 7.25. The fourth-order valence-electron chi connectivity index (χ4n) is 3.25. The van der Waals surface area contributed by atoms with Gasteiger partial charge in [0.1, 0.15) is 11.4 Å². The van der Waals surface area contributed by atoms with Crippen molar-refractivity contribution in [1.29, 1.82) is 0 Å². The maximum absolute atomic E-state index is 13.6. The Morgan fingerprint density at radius 1 is 1.33 bits per heavy atom. The summed E-state index contributed by atoms with van der Waals surface area (Å²) in [5, 5.41) is 6.86. The lowest BCUT2D eigenvalue weighted by Gasteiger charge is -2.34. The first-order valence-electron chi connectivity index (χ1n) is 8.90. The summed E-state index contributed by atoms with van der Waals surface area (Å²) < 4.78 is 46.7. The molecule has 2 aromatic rings. The number of carbonyl (C=O) groups is 1. The Morgan fingerprint density at radius 2 is 2.00 bits per heavy atom. The Kier molecular flexibility index (Phi) is 5.17. The maximum atomic E-state index is 13.6. The second-order valence-corrected chi connectivity index (χ2v) is 6.88. The number of fused-ring (bicyclic) bond motifs is 1. The smallest absolute Gasteiger partial charge is 0.410 e. The zero-order valence-electron chi connectivity index (χ0n) is 15.4. The number of hydrogen-bond acceptors (Lipinski definition) is 4. The topological polar surface area (TPSA) is 56.1 Å². The lowest BCUT2D eigenvalue weighted by Crippen LogP contribution is -2.36. The molecule has 0 fully saturated rings. The average molecular weight is 381 g/mol. The van der Waals surface area contributed by atoms with E-state index >= 15 is 0 Å². The van der Waals surface area contributed by atoms with Crippen molar-refractivity contribution in [3.05, 3.63) is 47.2 Å². The van der Waals surface area contributed by atoms with Gasteiger partial charge in [0.05, 0.1) is 18.8 Å². The van der Waals surface area contributed by atoms with Crippen molar-refractivity contribution in [2.75, 3.05) is 11.9 Å². The van der Waals surface area contributed by atoms with E-state index in [9.17, 15) is 18.0 Å². The minimum atomic E-state index is -4.48. The zero-order chi connectivity index (χ0) is 19.8. The van der Waals surface area contributed by atoms with Gasteiger partial charge in [0.25, 0.3) is 0 Å². The summed E-state index contributed by atoms with van der Waals surface area (Å²) in [6.45, 7) is 5.88. The molecule has 0 bridgehead atoms. The van der Waals surface area contributed by atoms with Crippen LogP contribution >= 0.6 is 0 Å². The Morgan fingerprint density at radius 3 is 2.56 bits per heavy atom. The molecule has 27 heavy (non-hydrogen) atoms. The zero-order valence-corrected chi connectivity index (χ0v) is 15.4. The van der Waals surface area contributed by atoms with Crippen molar-refractivity contribution < 1.29 is 22.7 Å². The fourth-order valence-corrected chi connectivity index (χ4v) is 3.25. The summed E-state index contributed by atoms with van der Waals surface area (Å²) in [6.07, 6.45) is -3.56. The van der Waals surface area contributed by atoms with E-state index in [0.717, 1.165) is 22.0 Å². The van der Waals surface area contributed by atoms with Crippen LogP contribution in [0.15, 0.2) is 30.5 Å². The molecule has 0 radical (unpaired) electrons. The summed E-state index contributed by atoms with van der Waals surface area (Å²) in [5.41, 5.74) is 1.85. The van der Waals surface area contributed by atoms with E-state index in [1.165, 1.54) is 0 Å². The largest absolute Gasteiger partial charge is 0.462 e. The minimum absolute atomic E-state index is 0.00889. The lowest BCUT2D eigenvalue weighted by molar-refractivity contribution is -0.173. The van der Waals surface area contributed by atoms with E-state index in [1.54, 1.807) is 6.92 Å². The second-order valence-electron chi connectivity index (χ2n) is 6.88. The fraction of sp³-hybridized carbons (Fsp3) is 0.474. The predicted molar refractivity (Wildman–Crippen MR) is 94.8 cm³/mol. The summed E-state index contributed by atoms with van der Waals surface area (Å²) in [4.78, 5) is 12.1. The number of rotatable bonds is 4. The third kappa shape index (κ3) is 3.79. The lowest BCUT2D eigenvalue weighted by atomic mass is 9.94. The molecule has 146 valence electrons. The van der Waals surface area contributed by atoms with Crippen LogP contribution in [0.25, 0.3) is 0 Å². The number of esters is 1. The number of nitrogens with zero attached hydrogens (tertiary/aromatic N) is 2. The van der Waals surface area contributed by atoms with Crippen LogP contribution in [0.5, 0.6) is 0 Å². The molecule has 0 saturated heterocycles. The van der Waals surface area contributed by atoms with Crippen LogP contribution in [0.2, 0.25) is 0 Å². The molecule has 0 spiro atoms. The number of carbonyl (C=O) groups excluding carboxylic acids is 1. The normalized spacial score (nSPS) is 19.5.